The fourth-order valence-corrected chi connectivity index (χ4v) is 12.6. The van der Waals surface area contributed by atoms with Crippen LogP contribution in [0.5, 0.6) is 17.2 Å². The number of nitrogens with one attached hydrogen (secondary N) is 1. The Balaban J connectivity index is 1.81. The fraction of sp³-hybridized carbons (Fsp3) is 0.579. The second-order valence-electron chi connectivity index (χ2n) is 13.9. The molecule has 2 fully saturated rings. The average molecular weight is 681 g/mol. The number of carbonyl (C=O) groups is 2. The third kappa shape index (κ3) is 7.68. The number of amides is 2. The molecule has 1 saturated carbocycles. The first-order chi connectivity index (χ1) is 22.9. The SMILES string of the molecule is COc1ccc(CNC(=O)C2(N(C(=O)C#C[Si](C(C)C)(C(C)C)C(C)C)c3ccc(OC4CCC4)c(CF)c3)CCOCC2)c(OC)c1. The predicted molar refractivity (Wildman–Crippen MR) is 190 cm³/mol. The standard InChI is InChI=1S/C38H53FN2O6Si/c1-26(2)48(27(3)4,28(5)6)21-16-36(42)41(31-13-15-34(30(22-31)24-39)47-32-10-9-11-32)38(17-19-46-20-18-38)37(43)40-25-29-12-14-33(44-7)23-35(29)45-8/h12-15,22-23,26-28,32H,9-11,17-20,24-25H2,1-8H3,(H,40,43). The zero-order valence-electron chi connectivity index (χ0n) is 29.9. The van der Waals surface area contributed by atoms with Gasteiger partial charge in [0.2, 0.25) is 5.91 Å². The van der Waals surface area contributed by atoms with Gasteiger partial charge < -0.3 is 24.3 Å². The van der Waals surface area contributed by atoms with Gasteiger partial charge in [-0.2, -0.15) is 0 Å². The van der Waals surface area contributed by atoms with Gasteiger partial charge in [-0.3, -0.25) is 14.5 Å². The molecule has 1 aliphatic carbocycles. The van der Waals surface area contributed by atoms with Gasteiger partial charge in [0.25, 0.3) is 0 Å². The van der Waals surface area contributed by atoms with Crippen LogP contribution in [0.15, 0.2) is 36.4 Å². The highest BCUT2D eigenvalue weighted by atomic mass is 28.3. The van der Waals surface area contributed by atoms with Crippen LogP contribution < -0.4 is 24.4 Å². The van der Waals surface area contributed by atoms with E-state index in [2.05, 4.69) is 58.3 Å². The first kappa shape index (κ1) is 37.3. The quantitative estimate of drug-likeness (QED) is 0.174. The lowest BCUT2D eigenvalue weighted by Gasteiger charge is -2.44. The molecular weight excluding hydrogens is 628 g/mol. The molecule has 2 aromatic rings. The molecule has 1 saturated heterocycles. The maximum Gasteiger partial charge on any atom is 0.303 e. The zero-order chi connectivity index (χ0) is 35.1. The van der Waals surface area contributed by atoms with Crippen LogP contribution in [-0.4, -0.2) is 59.0 Å². The minimum absolute atomic E-state index is 0.0634. The van der Waals surface area contributed by atoms with Crippen LogP contribution >= 0.6 is 0 Å². The van der Waals surface area contributed by atoms with E-state index in [9.17, 15) is 14.0 Å². The number of halogens is 1. The Labute approximate surface area is 287 Å². The lowest BCUT2D eigenvalue weighted by Crippen LogP contribution is -2.63. The lowest BCUT2D eigenvalue weighted by molar-refractivity contribution is -0.133. The topological polar surface area (TPSA) is 86.3 Å². The van der Waals surface area contributed by atoms with Gasteiger partial charge >= 0.3 is 5.91 Å². The summed E-state index contributed by atoms with van der Waals surface area (Å²) in [4.78, 5) is 30.6. The minimum atomic E-state index is -2.30. The van der Waals surface area contributed by atoms with Crippen molar-refractivity contribution in [1.29, 1.82) is 0 Å². The second-order valence-corrected chi connectivity index (χ2v) is 19.5. The van der Waals surface area contributed by atoms with Crippen LogP contribution in [0.1, 0.15) is 84.8 Å². The van der Waals surface area contributed by atoms with Gasteiger partial charge in [-0.15, -0.1) is 5.54 Å². The van der Waals surface area contributed by atoms with Crippen molar-refractivity contribution in [2.75, 3.05) is 32.3 Å². The number of nitrogens with zero attached hydrogens (tertiary/aromatic N) is 1. The van der Waals surface area contributed by atoms with E-state index in [1.165, 1.54) is 4.90 Å². The van der Waals surface area contributed by atoms with Crippen LogP contribution in [0.25, 0.3) is 0 Å². The Hall–Kier alpha value is -3.55. The molecule has 2 aliphatic rings. The minimum Gasteiger partial charge on any atom is -0.497 e. The van der Waals surface area contributed by atoms with E-state index in [-0.39, 0.29) is 44.6 Å². The van der Waals surface area contributed by atoms with E-state index in [4.69, 9.17) is 18.9 Å². The molecule has 0 bridgehead atoms. The van der Waals surface area contributed by atoms with E-state index in [1.54, 1.807) is 44.6 Å². The van der Waals surface area contributed by atoms with E-state index in [0.29, 0.717) is 45.1 Å². The number of anilines is 1. The zero-order valence-corrected chi connectivity index (χ0v) is 30.9. The molecule has 0 unspecified atom stereocenters. The normalized spacial score (nSPS) is 16.2. The molecule has 0 aromatic heterocycles. The molecule has 4 rings (SSSR count). The first-order valence-corrected chi connectivity index (χ1v) is 19.5. The number of carbonyl (C=O) groups excluding carboxylic acids is 2. The molecule has 0 spiro atoms. The number of hydrogen-bond acceptors (Lipinski definition) is 6. The van der Waals surface area contributed by atoms with Crippen molar-refractivity contribution in [3.63, 3.8) is 0 Å². The van der Waals surface area contributed by atoms with Gasteiger partial charge in [0.05, 0.1) is 20.3 Å². The molecular formula is C38H53FN2O6Si. The van der Waals surface area contributed by atoms with Crippen LogP contribution in [-0.2, 0) is 27.5 Å². The molecule has 2 amide bonds. The fourth-order valence-electron chi connectivity index (χ4n) is 7.40. The molecule has 1 N–H and O–H groups in total. The summed E-state index contributed by atoms with van der Waals surface area (Å²) in [7, 11) is 0.847. The predicted octanol–water partition coefficient (Wildman–Crippen LogP) is 7.52. The number of benzene rings is 2. The van der Waals surface area contributed by atoms with Crippen LogP contribution in [0.2, 0.25) is 16.6 Å². The Morgan fingerprint density at radius 3 is 2.17 bits per heavy atom. The summed E-state index contributed by atoms with van der Waals surface area (Å²) in [5.41, 5.74) is 4.66. The van der Waals surface area contributed by atoms with Gasteiger partial charge in [-0.1, -0.05) is 41.5 Å². The van der Waals surface area contributed by atoms with Crippen LogP contribution in [0.4, 0.5) is 10.1 Å². The third-order valence-electron chi connectivity index (χ3n) is 10.4. The van der Waals surface area contributed by atoms with Crippen LogP contribution in [0.3, 0.4) is 0 Å². The maximum atomic E-state index is 14.6. The summed E-state index contributed by atoms with van der Waals surface area (Å²) >= 11 is 0. The molecule has 8 nitrogen and oxygen atoms in total. The molecule has 48 heavy (non-hydrogen) atoms. The molecule has 0 atom stereocenters. The summed E-state index contributed by atoms with van der Waals surface area (Å²) in [6, 6.07) is 10.5. The molecule has 10 heteroatoms. The summed E-state index contributed by atoms with van der Waals surface area (Å²) < 4.78 is 37.3. The van der Waals surface area contributed by atoms with Crippen molar-refractivity contribution in [3.8, 4) is 28.7 Å². The number of methoxy groups -OCH3 is 2. The number of rotatable bonds is 13. The third-order valence-corrected chi connectivity index (χ3v) is 16.6. The van der Waals surface area contributed by atoms with Gasteiger partial charge in [-0.05, 0) is 72.1 Å². The summed E-state index contributed by atoms with van der Waals surface area (Å²) in [6.07, 6.45) is 3.52. The molecule has 262 valence electrons. The monoisotopic (exact) mass is 680 g/mol. The van der Waals surface area contributed by atoms with E-state index < -0.39 is 26.2 Å². The summed E-state index contributed by atoms with van der Waals surface area (Å²) in [6.45, 7) is 13.1. The second kappa shape index (κ2) is 16.2. The number of ether oxygens (including phenoxy) is 4. The van der Waals surface area contributed by atoms with Gasteiger partial charge in [0, 0.05) is 55.5 Å². The Morgan fingerprint density at radius 1 is 0.958 bits per heavy atom. The molecule has 1 aliphatic heterocycles. The van der Waals surface area contributed by atoms with Crippen molar-refractivity contribution in [3.05, 3.63) is 47.5 Å². The van der Waals surface area contributed by atoms with Crippen LogP contribution in [0, 0.1) is 11.5 Å². The van der Waals surface area contributed by atoms with Crippen molar-refractivity contribution in [2.24, 2.45) is 0 Å². The molecule has 0 radical (unpaired) electrons. The first-order valence-electron chi connectivity index (χ1n) is 17.2. The Morgan fingerprint density at radius 2 is 1.62 bits per heavy atom. The van der Waals surface area contributed by atoms with Crippen molar-refractivity contribution >= 4 is 25.6 Å². The number of alkyl halides is 1. The van der Waals surface area contributed by atoms with Gasteiger partial charge in [-0.25, -0.2) is 4.39 Å². The largest absolute Gasteiger partial charge is 0.497 e. The highest BCUT2D eigenvalue weighted by molar-refractivity contribution is 6.90. The van der Waals surface area contributed by atoms with Crippen molar-refractivity contribution in [2.45, 2.75) is 115 Å². The van der Waals surface area contributed by atoms with E-state index in [1.807, 2.05) is 6.07 Å². The highest BCUT2D eigenvalue weighted by Crippen LogP contribution is 2.41. The maximum absolute atomic E-state index is 14.6. The van der Waals surface area contributed by atoms with Crippen molar-refractivity contribution < 1.29 is 32.9 Å². The highest BCUT2D eigenvalue weighted by Gasteiger charge is 2.49. The summed E-state index contributed by atoms with van der Waals surface area (Å²) in [5, 5.41) is 3.09. The number of hydrogen-bond donors (Lipinski definition) is 1. The van der Waals surface area contributed by atoms with Crippen molar-refractivity contribution in [1.82, 2.24) is 5.32 Å². The average Bonchev–Trinajstić information content (AvgIpc) is 3.05. The van der Waals surface area contributed by atoms with Gasteiger partial charge in [0.1, 0.15) is 37.5 Å². The van der Waals surface area contributed by atoms with Gasteiger partial charge in [0.15, 0.2) is 0 Å². The Kier molecular flexibility index (Phi) is 12.6. The van der Waals surface area contributed by atoms with E-state index >= 15 is 0 Å². The van der Waals surface area contributed by atoms with E-state index in [0.717, 1.165) is 24.8 Å². The molecule has 1 heterocycles. The smallest absolute Gasteiger partial charge is 0.303 e. The summed E-state index contributed by atoms with van der Waals surface area (Å²) in [5.74, 6) is 3.92. The lowest BCUT2D eigenvalue weighted by atomic mass is 9.85. The molecule has 2 aromatic carbocycles. The Bertz CT molecular complexity index is 1470.